The van der Waals surface area contributed by atoms with Crippen molar-refractivity contribution >= 4 is 17.4 Å². The molecule has 1 N–H and O–H groups in total. The Morgan fingerprint density at radius 3 is 2.38 bits per heavy atom. The molecule has 8 heteroatoms. The second kappa shape index (κ2) is 9.82. The van der Waals surface area contributed by atoms with Gasteiger partial charge < -0.3 is 24.4 Å². The van der Waals surface area contributed by atoms with Crippen molar-refractivity contribution in [3.8, 4) is 11.5 Å². The lowest BCUT2D eigenvalue weighted by Gasteiger charge is -2.26. The highest BCUT2D eigenvalue weighted by molar-refractivity contribution is 6.46. The molecule has 32 heavy (non-hydrogen) atoms. The van der Waals surface area contributed by atoms with E-state index in [9.17, 15) is 19.1 Å². The van der Waals surface area contributed by atoms with E-state index < -0.39 is 23.5 Å². The quantitative estimate of drug-likeness (QED) is 0.384. The predicted molar refractivity (Wildman–Crippen MR) is 118 cm³/mol. The van der Waals surface area contributed by atoms with Crippen molar-refractivity contribution in [1.82, 2.24) is 9.80 Å². The molecule has 1 atom stereocenters. The average Bonchev–Trinajstić information content (AvgIpc) is 3.03. The van der Waals surface area contributed by atoms with Gasteiger partial charge in [-0.25, -0.2) is 4.39 Å². The summed E-state index contributed by atoms with van der Waals surface area (Å²) in [6.45, 7) is 1.02. The number of aliphatic hydroxyl groups excluding tert-OH is 1. The van der Waals surface area contributed by atoms with Crippen molar-refractivity contribution < 1.29 is 28.6 Å². The van der Waals surface area contributed by atoms with E-state index in [0.717, 1.165) is 0 Å². The largest absolute Gasteiger partial charge is 0.507 e. The zero-order valence-corrected chi connectivity index (χ0v) is 18.6. The predicted octanol–water partition coefficient (Wildman–Crippen LogP) is 3.22. The lowest BCUT2D eigenvalue weighted by molar-refractivity contribution is -0.139. The van der Waals surface area contributed by atoms with Crippen LogP contribution in [0.5, 0.6) is 11.5 Å². The zero-order valence-electron chi connectivity index (χ0n) is 18.6. The first kappa shape index (κ1) is 23.3. The number of hydrogen-bond donors (Lipinski definition) is 1. The number of hydrogen-bond acceptors (Lipinski definition) is 6. The van der Waals surface area contributed by atoms with E-state index in [-0.39, 0.29) is 16.9 Å². The maximum absolute atomic E-state index is 13.6. The number of carbonyl (C=O) groups excluding carboxylic acids is 2. The number of ketones is 1. The number of benzene rings is 2. The van der Waals surface area contributed by atoms with Gasteiger partial charge in [-0.3, -0.25) is 9.59 Å². The number of amides is 1. The molecular formula is C24H27FN2O5. The van der Waals surface area contributed by atoms with Crippen molar-refractivity contribution in [2.45, 2.75) is 12.5 Å². The van der Waals surface area contributed by atoms with Crippen LogP contribution < -0.4 is 9.47 Å². The average molecular weight is 442 g/mol. The minimum Gasteiger partial charge on any atom is -0.507 e. The van der Waals surface area contributed by atoms with Crippen LogP contribution >= 0.6 is 0 Å². The van der Waals surface area contributed by atoms with Crippen LogP contribution in [0.3, 0.4) is 0 Å². The summed E-state index contributed by atoms with van der Waals surface area (Å²) >= 11 is 0. The summed E-state index contributed by atoms with van der Waals surface area (Å²) in [5.41, 5.74) is 0.728. The Kier molecular flexibility index (Phi) is 7.15. The molecule has 1 aliphatic heterocycles. The number of halogens is 1. The molecule has 1 saturated heterocycles. The molecule has 0 radical (unpaired) electrons. The van der Waals surface area contributed by atoms with E-state index in [0.29, 0.717) is 36.6 Å². The summed E-state index contributed by atoms with van der Waals surface area (Å²) in [5, 5.41) is 11.2. The van der Waals surface area contributed by atoms with Crippen molar-refractivity contribution in [1.29, 1.82) is 0 Å². The zero-order chi connectivity index (χ0) is 23.4. The number of rotatable bonds is 8. The Morgan fingerprint density at radius 2 is 1.78 bits per heavy atom. The van der Waals surface area contributed by atoms with E-state index >= 15 is 0 Å². The number of Topliss-reactive ketones (excluding diaryl/α,β-unsaturated/α-hetero) is 1. The van der Waals surface area contributed by atoms with Gasteiger partial charge in [0.1, 0.15) is 23.1 Å². The van der Waals surface area contributed by atoms with Gasteiger partial charge in [0.2, 0.25) is 0 Å². The van der Waals surface area contributed by atoms with Crippen molar-refractivity contribution in [2.24, 2.45) is 0 Å². The van der Waals surface area contributed by atoms with Crippen LogP contribution in [0.1, 0.15) is 23.6 Å². The van der Waals surface area contributed by atoms with E-state index in [4.69, 9.17) is 9.47 Å². The molecule has 2 aromatic rings. The molecule has 2 aromatic carbocycles. The molecule has 1 aliphatic rings. The molecule has 170 valence electrons. The number of carbonyl (C=O) groups is 2. The summed E-state index contributed by atoms with van der Waals surface area (Å²) in [5.74, 6) is -1.48. The molecule has 1 amide bonds. The van der Waals surface area contributed by atoms with Crippen LogP contribution in [0, 0.1) is 5.82 Å². The third kappa shape index (κ3) is 4.60. The number of methoxy groups -OCH3 is 2. The molecule has 0 spiro atoms. The number of aliphatic hydroxyl groups is 1. The molecular weight excluding hydrogens is 415 g/mol. The lowest BCUT2D eigenvalue weighted by atomic mass is 9.95. The Balaban J connectivity index is 2.13. The number of likely N-dealkylation sites (tertiary alicyclic amines) is 1. The summed E-state index contributed by atoms with van der Waals surface area (Å²) in [7, 11) is 6.77. The van der Waals surface area contributed by atoms with E-state index in [2.05, 4.69) is 0 Å². The molecule has 0 bridgehead atoms. The monoisotopic (exact) mass is 442 g/mol. The van der Waals surface area contributed by atoms with Crippen LogP contribution in [0.2, 0.25) is 0 Å². The van der Waals surface area contributed by atoms with Gasteiger partial charge in [0, 0.05) is 12.6 Å². The van der Waals surface area contributed by atoms with Crippen LogP contribution in [0.4, 0.5) is 4.39 Å². The second-order valence-electron chi connectivity index (χ2n) is 7.77. The third-order valence-electron chi connectivity index (χ3n) is 5.39. The molecule has 0 aliphatic carbocycles. The maximum atomic E-state index is 13.6. The first-order valence-corrected chi connectivity index (χ1v) is 10.2. The first-order valence-electron chi connectivity index (χ1n) is 10.2. The van der Waals surface area contributed by atoms with Crippen LogP contribution in [0.25, 0.3) is 5.76 Å². The Morgan fingerprint density at radius 1 is 1.09 bits per heavy atom. The molecule has 1 unspecified atom stereocenters. The highest BCUT2D eigenvalue weighted by atomic mass is 19.1. The van der Waals surface area contributed by atoms with Crippen LogP contribution in [0.15, 0.2) is 48.0 Å². The molecule has 1 heterocycles. The van der Waals surface area contributed by atoms with Gasteiger partial charge in [-0.15, -0.1) is 0 Å². The molecule has 1 fully saturated rings. The molecule has 0 aromatic heterocycles. The second-order valence-corrected chi connectivity index (χ2v) is 7.77. The Hall–Kier alpha value is -3.39. The van der Waals surface area contributed by atoms with Crippen molar-refractivity contribution in [3.63, 3.8) is 0 Å². The summed E-state index contributed by atoms with van der Waals surface area (Å²) in [4.78, 5) is 29.4. The fourth-order valence-corrected chi connectivity index (χ4v) is 3.80. The van der Waals surface area contributed by atoms with Gasteiger partial charge in [0.25, 0.3) is 11.7 Å². The minimum absolute atomic E-state index is 0.0603. The molecule has 7 nitrogen and oxygen atoms in total. The Labute approximate surface area is 186 Å². The van der Waals surface area contributed by atoms with Gasteiger partial charge in [-0.2, -0.15) is 0 Å². The topological polar surface area (TPSA) is 79.3 Å². The molecule has 3 rings (SSSR count). The summed E-state index contributed by atoms with van der Waals surface area (Å²) < 4.78 is 24.1. The lowest BCUT2D eigenvalue weighted by Crippen LogP contribution is -2.32. The number of nitrogens with zero attached hydrogens (tertiary/aromatic N) is 2. The fourth-order valence-electron chi connectivity index (χ4n) is 3.80. The van der Waals surface area contributed by atoms with Gasteiger partial charge in [-0.05, 0) is 56.9 Å². The Bertz CT molecular complexity index is 1030. The summed E-state index contributed by atoms with van der Waals surface area (Å²) in [6, 6.07) is 9.49. The summed E-state index contributed by atoms with van der Waals surface area (Å²) in [6.07, 6.45) is 0.629. The first-order chi connectivity index (χ1) is 15.3. The van der Waals surface area contributed by atoms with E-state index in [1.807, 2.05) is 19.0 Å². The van der Waals surface area contributed by atoms with Gasteiger partial charge >= 0.3 is 0 Å². The standard InChI is InChI=1S/C24H27FN2O5/c1-26(2)12-5-13-27-21(15-6-8-16(25)9-7-15)20(23(29)24(27)30)22(28)18-11-10-17(31-3)14-19(18)32-4/h6-11,14,21,28H,5,12-13H2,1-4H3. The highest BCUT2D eigenvalue weighted by Crippen LogP contribution is 2.41. The smallest absolute Gasteiger partial charge is 0.295 e. The van der Waals surface area contributed by atoms with Crippen LogP contribution in [-0.4, -0.2) is 68.0 Å². The minimum atomic E-state index is -0.843. The maximum Gasteiger partial charge on any atom is 0.295 e. The normalized spacial score (nSPS) is 17.8. The fraction of sp³-hybridized carbons (Fsp3) is 0.333. The van der Waals surface area contributed by atoms with Gasteiger partial charge in [0.05, 0.1) is 31.4 Å². The third-order valence-corrected chi connectivity index (χ3v) is 5.39. The van der Waals surface area contributed by atoms with Crippen molar-refractivity contribution in [3.05, 3.63) is 65.0 Å². The van der Waals surface area contributed by atoms with E-state index in [1.165, 1.54) is 43.4 Å². The van der Waals surface area contributed by atoms with Gasteiger partial charge in [0.15, 0.2) is 0 Å². The van der Waals surface area contributed by atoms with Crippen LogP contribution in [-0.2, 0) is 9.59 Å². The highest BCUT2D eigenvalue weighted by Gasteiger charge is 2.46. The number of ether oxygens (including phenoxy) is 2. The van der Waals surface area contributed by atoms with Gasteiger partial charge in [-0.1, -0.05) is 12.1 Å². The van der Waals surface area contributed by atoms with E-state index in [1.54, 1.807) is 18.2 Å². The van der Waals surface area contributed by atoms with Crippen molar-refractivity contribution in [2.75, 3.05) is 41.4 Å². The molecule has 0 saturated carbocycles. The SMILES string of the molecule is COc1ccc(C(O)=C2C(=O)C(=O)N(CCCN(C)C)C2c2ccc(F)cc2)c(OC)c1.